The number of nitrogens with zero attached hydrogens (tertiary/aromatic N) is 2. The molecular weight excluding hydrogens is 240 g/mol. The van der Waals surface area contributed by atoms with Crippen LogP contribution in [0.25, 0.3) is 0 Å². The summed E-state index contributed by atoms with van der Waals surface area (Å²) in [6.45, 7) is 8.60. The second-order valence-corrected chi connectivity index (χ2v) is 5.39. The minimum absolute atomic E-state index is 0.408. The van der Waals surface area contributed by atoms with Gasteiger partial charge in [0.15, 0.2) is 0 Å². The molecule has 0 saturated heterocycles. The van der Waals surface area contributed by atoms with Crippen molar-refractivity contribution in [3.63, 3.8) is 0 Å². The monoisotopic (exact) mass is 262 g/mol. The summed E-state index contributed by atoms with van der Waals surface area (Å²) in [5.41, 5.74) is 4.59. The number of hydrogen-bond donors (Lipinski definition) is 0. The maximum absolute atomic E-state index is 5.09. The van der Waals surface area contributed by atoms with E-state index in [1.54, 1.807) is 12.5 Å². The Morgan fingerprint density at radius 1 is 1.11 bits per heavy atom. The Bertz CT molecular complexity index is 514. The summed E-state index contributed by atoms with van der Waals surface area (Å²) in [6.07, 6.45) is 6.50. The van der Waals surface area contributed by atoms with Gasteiger partial charge in [-0.15, -0.1) is 0 Å². The molecule has 2 rings (SSSR count). The molecule has 19 heavy (non-hydrogen) atoms. The van der Waals surface area contributed by atoms with Crippen LogP contribution in [0, 0.1) is 0 Å². The maximum atomic E-state index is 5.09. The molecule has 2 aromatic rings. The van der Waals surface area contributed by atoms with Crippen molar-refractivity contribution < 1.29 is 9.05 Å². The Kier molecular flexibility index (Phi) is 4.40. The number of aryl methyl sites for hydroxylation is 2. The van der Waals surface area contributed by atoms with Crippen molar-refractivity contribution in [3.05, 3.63) is 35.0 Å². The molecule has 0 aliphatic carbocycles. The van der Waals surface area contributed by atoms with E-state index in [9.17, 15) is 0 Å². The zero-order valence-corrected chi connectivity index (χ0v) is 12.1. The molecule has 0 aliphatic rings. The van der Waals surface area contributed by atoms with E-state index < -0.39 is 0 Å². The molecule has 1 unspecified atom stereocenters. The predicted molar refractivity (Wildman–Crippen MR) is 73.2 cm³/mol. The van der Waals surface area contributed by atoms with Gasteiger partial charge in [0, 0.05) is 11.1 Å². The number of aromatic nitrogens is 2. The summed E-state index contributed by atoms with van der Waals surface area (Å²) in [7, 11) is 0. The highest BCUT2D eigenvalue weighted by molar-refractivity contribution is 5.22. The molecule has 104 valence electrons. The summed E-state index contributed by atoms with van der Waals surface area (Å²) >= 11 is 0. The molecule has 0 radical (unpaired) electrons. The van der Waals surface area contributed by atoms with E-state index in [1.165, 1.54) is 11.1 Å². The third-order valence-corrected chi connectivity index (χ3v) is 3.61. The first-order valence-electron chi connectivity index (χ1n) is 6.99. The molecule has 0 N–H and O–H groups in total. The smallest absolute Gasteiger partial charge is 0.127 e. The molecule has 0 fully saturated rings. The maximum Gasteiger partial charge on any atom is 0.127 e. The second kappa shape index (κ2) is 6.04. The molecule has 0 spiro atoms. The molecule has 0 amide bonds. The topological polar surface area (TPSA) is 52.1 Å². The standard InChI is InChI=1S/C15H22N2O2/c1-5-14-13(9-19-16-14)11(4)6-7-12-8-18-17-15(12)10(2)3/h8-11H,5-7H2,1-4H3. The Morgan fingerprint density at radius 2 is 1.84 bits per heavy atom. The van der Waals surface area contributed by atoms with Gasteiger partial charge in [-0.05, 0) is 31.1 Å². The van der Waals surface area contributed by atoms with E-state index in [-0.39, 0.29) is 0 Å². The van der Waals surface area contributed by atoms with E-state index in [0.29, 0.717) is 11.8 Å². The predicted octanol–water partition coefficient (Wildman–Crippen LogP) is 4.08. The summed E-state index contributed by atoms with van der Waals surface area (Å²) < 4.78 is 10.2. The van der Waals surface area contributed by atoms with Crippen molar-refractivity contribution in [1.82, 2.24) is 10.3 Å². The van der Waals surface area contributed by atoms with Crippen LogP contribution in [0.2, 0.25) is 0 Å². The average Bonchev–Trinajstić information content (AvgIpc) is 3.04. The molecule has 2 aromatic heterocycles. The molecule has 4 heteroatoms. The highest BCUT2D eigenvalue weighted by atomic mass is 16.5. The van der Waals surface area contributed by atoms with Crippen LogP contribution < -0.4 is 0 Å². The first-order valence-corrected chi connectivity index (χ1v) is 6.99. The number of hydrogen-bond acceptors (Lipinski definition) is 4. The fourth-order valence-electron chi connectivity index (χ4n) is 2.39. The van der Waals surface area contributed by atoms with E-state index in [2.05, 4.69) is 38.0 Å². The van der Waals surface area contributed by atoms with Gasteiger partial charge in [0.1, 0.15) is 12.5 Å². The van der Waals surface area contributed by atoms with Crippen molar-refractivity contribution in [1.29, 1.82) is 0 Å². The van der Waals surface area contributed by atoms with E-state index >= 15 is 0 Å². The summed E-state index contributed by atoms with van der Waals surface area (Å²) in [5, 5.41) is 8.12. The van der Waals surface area contributed by atoms with Gasteiger partial charge in [0.25, 0.3) is 0 Å². The SMILES string of the molecule is CCc1nocc1C(C)CCc1conc1C(C)C. The average molecular weight is 262 g/mol. The van der Waals surface area contributed by atoms with Crippen molar-refractivity contribution in [2.75, 3.05) is 0 Å². The summed E-state index contributed by atoms with van der Waals surface area (Å²) in [6, 6.07) is 0. The van der Waals surface area contributed by atoms with Crippen molar-refractivity contribution in [2.45, 2.75) is 58.8 Å². The molecule has 4 nitrogen and oxygen atoms in total. The van der Waals surface area contributed by atoms with Crippen LogP contribution in [-0.4, -0.2) is 10.3 Å². The lowest BCUT2D eigenvalue weighted by atomic mass is 9.93. The molecule has 0 bridgehead atoms. The minimum atomic E-state index is 0.408. The number of rotatable bonds is 6. The Morgan fingerprint density at radius 3 is 2.53 bits per heavy atom. The van der Waals surface area contributed by atoms with Crippen LogP contribution in [0.4, 0.5) is 0 Å². The van der Waals surface area contributed by atoms with Crippen LogP contribution in [0.1, 0.15) is 68.5 Å². The van der Waals surface area contributed by atoms with Gasteiger partial charge in [-0.1, -0.05) is 38.0 Å². The van der Waals surface area contributed by atoms with Gasteiger partial charge in [0.2, 0.25) is 0 Å². The van der Waals surface area contributed by atoms with Crippen LogP contribution in [-0.2, 0) is 12.8 Å². The van der Waals surface area contributed by atoms with Crippen molar-refractivity contribution >= 4 is 0 Å². The summed E-state index contributed by atoms with van der Waals surface area (Å²) in [4.78, 5) is 0. The highest BCUT2D eigenvalue weighted by Crippen LogP contribution is 2.26. The summed E-state index contributed by atoms with van der Waals surface area (Å²) in [5.74, 6) is 0.849. The van der Waals surface area contributed by atoms with Crippen molar-refractivity contribution in [2.24, 2.45) is 0 Å². The fourth-order valence-corrected chi connectivity index (χ4v) is 2.39. The fraction of sp³-hybridized carbons (Fsp3) is 0.600. The van der Waals surface area contributed by atoms with Crippen LogP contribution in [0.15, 0.2) is 21.6 Å². The van der Waals surface area contributed by atoms with E-state index in [4.69, 9.17) is 9.05 Å². The normalized spacial score (nSPS) is 13.1. The van der Waals surface area contributed by atoms with E-state index in [0.717, 1.165) is 30.7 Å². The quantitative estimate of drug-likeness (QED) is 0.787. The van der Waals surface area contributed by atoms with Gasteiger partial charge in [-0.2, -0.15) is 0 Å². The van der Waals surface area contributed by atoms with Crippen LogP contribution in [0.5, 0.6) is 0 Å². The third kappa shape index (κ3) is 3.06. The van der Waals surface area contributed by atoms with Gasteiger partial charge in [-0.25, -0.2) is 0 Å². The first-order chi connectivity index (χ1) is 9.13. The Balaban J connectivity index is 2.00. The molecular formula is C15H22N2O2. The Hall–Kier alpha value is -1.58. The van der Waals surface area contributed by atoms with Gasteiger partial charge >= 0.3 is 0 Å². The van der Waals surface area contributed by atoms with Crippen molar-refractivity contribution in [3.8, 4) is 0 Å². The molecule has 0 aromatic carbocycles. The lowest BCUT2D eigenvalue weighted by molar-refractivity contribution is 0.408. The van der Waals surface area contributed by atoms with Gasteiger partial charge in [-0.3, -0.25) is 0 Å². The lowest BCUT2D eigenvalue weighted by Crippen LogP contribution is -2.01. The van der Waals surface area contributed by atoms with Crippen LogP contribution >= 0.6 is 0 Å². The van der Waals surface area contributed by atoms with E-state index in [1.807, 2.05) is 0 Å². The zero-order valence-electron chi connectivity index (χ0n) is 12.1. The largest absolute Gasteiger partial charge is 0.364 e. The molecule has 1 atom stereocenters. The zero-order chi connectivity index (χ0) is 13.8. The van der Waals surface area contributed by atoms with Gasteiger partial charge < -0.3 is 9.05 Å². The Labute approximate surface area is 114 Å². The minimum Gasteiger partial charge on any atom is -0.364 e. The molecule has 0 saturated carbocycles. The van der Waals surface area contributed by atoms with Gasteiger partial charge in [0.05, 0.1) is 11.4 Å². The van der Waals surface area contributed by atoms with Crippen LogP contribution in [0.3, 0.4) is 0 Å². The first kappa shape index (κ1) is 13.8. The molecule has 0 aliphatic heterocycles. The second-order valence-electron chi connectivity index (χ2n) is 5.39. The highest BCUT2D eigenvalue weighted by Gasteiger charge is 2.16. The third-order valence-electron chi connectivity index (χ3n) is 3.61. The lowest BCUT2D eigenvalue weighted by Gasteiger charge is -2.10. The molecule has 2 heterocycles.